The van der Waals surface area contributed by atoms with Crippen molar-refractivity contribution >= 4 is 76.5 Å². The molecule has 0 aliphatic carbocycles. The lowest BCUT2D eigenvalue weighted by Crippen LogP contribution is -2.41. The zero-order valence-electron chi connectivity index (χ0n) is 12.0. The van der Waals surface area contributed by atoms with Crippen LogP contribution in [0.25, 0.3) is 0 Å². The monoisotopic (exact) mass is 631 g/mol. The van der Waals surface area contributed by atoms with Gasteiger partial charge < -0.3 is 4.74 Å². The molecule has 0 saturated carbocycles. The van der Waals surface area contributed by atoms with E-state index in [9.17, 15) is 18.0 Å². The number of hydrogen-bond acceptors (Lipinski definition) is 5. The molecular weight excluding hydrogens is 616 g/mol. The van der Waals surface area contributed by atoms with Gasteiger partial charge >= 0.3 is 21.6 Å². The van der Waals surface area contributed by atoms with Crippen molar-refractivity contribution in [2.24, 2.45) is 0 Å². The van der Waals surface area contributed by atoms with Crippen LogP contribution in [0.1, 0.15) is 6.92 Å². The third-order valence-corrected chi connectivity index (χ3v) is 3.05. The van der Waals surface area contributed by atoms with Gasteiger partial charge in [-0.2, -0.15) is 21.6 Å². The number of nitrogens with zero attached hydrogens (tertiary/aromatic N) is 1. The molecule has 0 aromatic heterocycles. The fraction of sp³-hybridized carbons (Fsp3) is 0.889. The first-order valence-corrected chi connectivity index (χ1v) is 14.3. The van der Waals surface area contributed by atoms with Crippen molar-refractivity contribution in [2.45, 2.75) is 18.5 Å². The third-order valence-electron chi connectivity index (χ3n) is 2.13. The van der Waals surface area contributed by atoms with Crippen molar-refractivity contribution in [3.05, 3.63) is 0 Å². The first-order valence-electron chi connectivity index (χ1n) is 5.54. The second kappa shape index (κ2) is 15.4. The van der Waals surface area contributed by atoms with Crippen molar-refractivity contribution in [3.8, 4) is 0 Å². The van der Waals surface area contributed by atoms with Crippen LogP contribution in [0.2, 0.25) is 0 Å². The molecule has 0 aliphatic rings. The SMILES string of the molecule is COC(=O)[C@@H](C)N(CCCl)CCCl.II.O=S(=O)(O)C(F)(F)F. The summed E-state index contributed by atoms with van der Waals surface area (Å²) in [6.45, 7) is 3.07. The minimum absolute atomic E-state index is 0.254. The van der Waals surface area contributed by atoms with Gasteiger partial charge in [0.2, 0.25) is 0 Å². The lowest BCUT2D eigenvalue weighted by atomic mass is 10.3. The summed E-state index contributed by atoms with van der Waals surface area (Å²) in [5.74, 6) is 0.714. The predicted octanol–water partition coefficient (Wildman–Crippen LogP) is 3.49. The summed E-state index contributed by atoms with van der Waals surface area (Å²) in [7, 11) is -4.47. The van der Waals surface area contributed by atoms with Crippen molar-refractivity contribution in [1.29, 1.82) is 0 Å². The molecular formula is C9H16Cl2F3I2NO5S. The van der Waals surface area contributed by atoms with Gasteiger partial charge in [0.1, 0.15) is 6.04 Å². The van der Waals surface area contributed by atoms with Gasteiger partial charge in [0.05, 0.1) is 7.11 Å². The molecule has 1 N–H and O–H groups in total. The van der Waals surface area contributed by atoms with Crippen molar-refractivity contribution in [2.75, 3.05) is 32.0 Å². The molecule has 0 amide bonds. The molecule has 0 bridgehead atoms. The Kier molecular flexibility index (Phi) is 19.4. The van der Waals surface area contributed by atoms with Crippen LogP contribution in [0.4, 0.5) is 13.2 Å². The van der Waals surface area contributed by atoms with E-state index in [2.05, 4.69) is 42.0 Å². The molecule has 6 nitrogen and oxygen atoms in total. The Morgan fingerprint density at radius 2 is 1.57 bits per heavy atom. The number of hydrogen-bond donors (Lipinski definition) is 1. The standard InChI is InChI=1S/C8H15Cl2NO2.CHF3O3S.I2/c1-7(8(12)13-2)11(5-3-9)6-4-10;2-1(3,4)8(5,6)7;1-2/h7H,3-6H2,1-2H3;(H,5,6,7);/t7-;;/m1../s1. The first-order chi connectivity index (χ1) is 10.4. The molecule has 0 rings (SSSR count). The van der Waals surface area contributed by atoms with Gasteiger partial charge in [-0.05, 0) is 6.92 Å². The quantitative estimate of drug-likeness (QED) is 0.159. The number of carbonyl (C=O) groups is 1. The maximum atomic E-state index is 11.2. The Hall–Kier alpha value is 1.17. The van der Waals surface area contributed by atoms with Crippen LogP contribution in [0, 0.1) is 0 Å². The zero-order chi connectivity index (χ0) is 19.3. The molecule has 1 atom stereocenters. The van der Waals surface area contributed by atoms with Gasteiger partial charge in [0.25, 0.3) is 0 Å². The minimum atomic E-state index is -5.84. The van der Waals surface area contributed by atoms with Crippen LogP contribution in [-0.2, 0) is 19.6 Å². The van der Waals surface area contributed by atoms with Crippen LogP contribution in [0.3, 0.4) is 0 Å². The summed E-state index contributed by atoms with van der Waals surface area (Å²) in [4.78, 5) is 13.0. The summed E-state index contributed by atoms with van der Waals surface area (Å²) in [5, 5.41) is 0. The van der Waals surface area contributed by atoms with Gasteiger partial charge in [0.15, 0.2) is 0 Å². The van der Waals surface area contributed by atoms with E-state index in [4.69, 9.17) is 36.2 Å². The Labute approximate surface area is 166 Å². The van der Waals surface area contributed by atoms with Gasteiger partial charge in [-0.25, -0.2) is 0 Å². The van der Waals surface area contributed by atoms with Crippen LogP contribution in [-0.4, -0.2) is 67.3 Å². The van der Waals surface area contributed by atoms with E-state index in [1.807, 2.05) is 4.90 Å². The maximum absolute atomic E-state index is 11.2. The summed E-state index contributed by atoms with van der Waals surface area (Å²) in [5.41, 5.74) is -5.53. The Morgan fingerprint density at radius 3 is 1.74 bits per heavy atom. The van der Waals surface area contributed by atoms with E-state index in [1.165, 1.54) is 7.11 Å². The average Bonchev–Trinajstić information content (AvgIpc) is 2.46. The molecule has 0 unspecified atom stereocenters. The second-order valence-corrected chi connectivity index (χ2v) is 5.70. The predicted molar refractivity (Wildman–Crippen MR) is 100 cm³/mol. The van der Waals surface area contributed by atoms with Crippen molar-refractivity contribution < 1.29 is 35.7 Å². The number of ether oxygens (including phenoxy) is 1. The fourth-order valence-corrected chi connectivity index (χ4v) is 1.47. The minimum Gasteiger partial charge on any atom is -0.468 e. The van der Waals surface area contributed by atoms with E-state index in [0.717, 1.165) is 0 Å². The molecule has 0 aromatic rings. The van der Waals surface area contributed by atoms with Gasteiger partial charge in [-0.15, -0.1) is 23.2 Å². The molecule has 0 radical (unpaired) electrons. The average molecular weight is 632 g/mol. The van der Waals surface area contributed by atoms with Gasteiger partial charge in [-0.1, -0.05) is 0 Å². The molecule has 23 heavy (non-hydrogen) atoms. The van der Waals surface area contributed by atoms with Crippen LogP contribution < -0.4 is 0 Å². The maximum Gasteiger partial charge on any atom is 0.522 e. The summed E-state index contributed by atoms with van der Waals surface area (Å²) < 4.78 is 62.2. The number of rotatable bonds is 6. The highest BCUT2D eigenvalue weighted by atomic mass is 128. The molecule has 14 heteroatoms. The van der Waals surface area contributed by atoms with Crippen LogP contribution >= 0.6 is 60.4 Å². The highest BCUT2D eigenvalue weighted by Crippen LogP contribution is 2.20. The second-order valence-electron chi connectivity index (χ2n) is 3.53. The summed E-state index contributed by atoms with van der Waals surface area (Å²) in [6, 6.07) is -0.275. The number of methoxy groups -OCH3 is 1. The van der Waals surface area contributed by atoms with E-state index >= 15 is 0 Å². The first kappa shape index (κ1) is 29.0. The Bertz CT molecular complexity index is 408. The lowest BCUT2D eigenvalue weighted by molar-refractivity contribution is -0.146. The number of halogens is 7. The highest BCUT2D eigenvalue weighted by molar-refractivity contribution is 15.0. The smallest absolute Gasteiger partial charge is 0.468 e. The third kappa shape index (κ3) is 15.2. The normalized spacial score (nSPS) is 12.5. The molecule has 0 spiro atoms. The molecule has 0 aromatic carbocycles. The molecule has 0 heterocycles. The topological polar surface area (TPSA) is 83.9 Å². The highest BCUT2D eigenvalue weighted by Gasteiger charge is 2.44. The fourth-order valence-electron chi connectivity index (χ4n) is 1.04. The molecule has 0 saturated heterocycles. The molecule has 0 fully saturated rings. The Balaban J connectivity index is -0.000000343. The van der Waals surface area contributed by atoms with E-state index in [-0.39, 0.29) is 12.0 Å². The number of esters is 1. The summed E-state index contributed by atoms with van der Waals surface area (Å²) in [6.07, 6.45) is 0. The lowest BCUT2D eigenvalue weighted by Gasteiger charge is -2.25. The summed E-state index contributed by atoms with van der Waals surface area (Å²) >= 11 is 15.4. The van der Waals surface area contributed by atoms with Crippen LogP contribution in [0.5, 0.6) is 0 Å². The van der Waals surface area contributed by atoms with Crippen LogP contribution in [0.15, 0.2) is 0 Å². The molecule has 142 valence electrons. The van der Waals surface area contributed by atoms with Gasteiger partial charge in [0, 0.05) is 62.1 Å². The van der Waals surface area contributed by atoms with Crippen molar-refractivity contribution in [1.82, 2.24) is 4.90 Å². The largest absolute Gasteiger partial charge is 0.522 e. The number of alkyl halides is 5. The van der Waals surface area contributed by atoms with E-state index in [1.54, 1.807) is 6.92 Å². The van der Waals surface area contributed by atoms with E-state index < -0.39 is 15.6 Å². The van der Waals surface area contributed by atoms with E-state index in [0.29, 0.717) is 24.8 Å². The molecule has 0 aliphatic heterocycles. The van der Waals surface area contributed by atoms with Crippen molar-refractivity contribution in [3.63, 3.8) is 0 Å². The number of carbonyl (C=O) groups excluding carboxylic acids is 1. The zero-order valence-corrected chi connectivity index (χ0v) is 18.6. The van der Waals surface area contributed by atoms with Gasteiger partial charge in [-0.3, -0.25) is 14.2 Å². The Morgan fingerprint density at radius 1 is 1.26 bits per heavy atom.